The van der Waals surface area contributed by atoms with Crippen LogP contribution in [0.5, 0.6) is 11.5 Å². The zero-order valence-corrected chi connectivity index (χ0v) is 10.1. The third-order valence-corrected chi connectivity index (χ3v) is 3.06. The Bertz CT molecular complexity index is 336. The molecule has 0 saturated carbocycles. The molecule has 0 aliphatic rings. The van der Waals surface area contributed by atoms with Gasteiger partial charge in [0.05, 0.1) is 7.11 Å². The number of ether oxygens (including phenoxy) is 1. The van der Waals surface area contributed by atoms with Crippen molar-refractivity contribution in [1.82, 2.24) is 0 Å². The van der Waals surface area contributed by atoms with E-state index in [-0.39, 0.29) is 18.3 Å². The number of aromatic hydroxyl groups is 1. The van der Waals surface area contributed by atoms with Gasteiger partial charge in [0.15, 0.2) is 11.5 Å². The van der Waals surface area contributed by atoms with E-state index in [4.69, 9.17) is 9.84 Å². The molecule has 2 N–H and O–H groups in total. The van der Waals surface area contributed by atoms with E-state index in [1.807, 2.05) is 19.1 Å². The van der Waals surface area contributed by atoms with Crippen LogP contribution in [0.25, 0.3) is 0 Å². The molecule has 0 saturated heterocycles. The molecule has 1 aromatic rings. The van der Waals surface area contributed by atoms with Crippen molar-refractivity contribution in [2.75, 3.05) is 13.7 Å². The topological polar surface area (TPSA) is 49.7 Å². The standard InChI is InChI=1S/C13H20O3/c1-9(10(2)8-14)6-11-4-5-12(15)13(7-11)16-3/h4-5,7,9-10,14-15H,6,8H2,1-3H3/t9-,10+/m0/s1. The van der Waals surface area contributed by atoms with Crippen molar-refractivity contribution < 1.29 is 14.9 Å². The molecule has 1 rings (SSSR count). The van der Waals surface area contributed by atoms with E-state index < -0.39 is 0 Å². The Morgan fingerprint density at radius 3 is 2.50 bits per heavy atom. The van der Waals surface area contributed by atoms with Gasteiger partial charge in [-0.05, 0) is 36.0 Å². The van der Waals surface area contributed by atoms with E-state index in [0.29, 0.717) is 11.7 Å². The van der Waals surface area contributed by atoms with Gasteiger partial charge in [0.25, 0.3) is 0 Å². The number of methoxy groups -OCH3 is 1. The second-order valence-electron chi connectivity index (χ2n) is 4.35. The zero-order chi connectivity index (χ0) is 12.1. The Balaban J connectivity index is 2.74. The predicted octanol–water partition coefficient (Wildman–Crippen LogP) is 2.21. The summed E-state index contributed by atoms with van der Waals surface area (Å²) in [5, 5.41) is 18.5. The van der Waals surface area contributed by atoms with Gasteiger partial charge in [-0.3, -0.25) is 0 Å². The molecule has 0 aliphatic carbocycles. The van der Waals surface area contributed by atoms with Crippen LogP contribution in [-0.4, -0.2) is 23.9 Å². The van der Waals surface area contributed by atoms with E-state index in [9.17, 15) is 5.11 Å². The molecule has 0 bridgehead atoms. The second kappa shape index (κ2) is 5.75. The Hall–Kier alpha value is -1.22. The highest BCUT2D eigenvalue weighted by Gasteiger charge is 2.12. The molecule has 0 unspecified atom stereocenters. The molecule has 3 heteroatoms. The fourth-order valence-electron chi connectivity index (χ4n) is 1.60. The lowest BCUT2D eigenvalue weighted by Gasteiger charge is -2.18. The molecule has 3 nitrogen and oxygen atoms in total. The maximum absolute atomic E-state index is 9.46. The van der Waals surface area contributed by atoms with Crippen LogP contribution in [0.15, 0.2) is 18.2 Å². The molecule has 0 aromatic heterocycles. The molecule has 16 heavy (non-hydrogen) atoms. The Morgan fingerprint density at radius 2 is 1.94 bits per heavy atom. The predicted molar refractivity (Wildman–Crippen MR) is 63.8 cm³/mol. The summed E-state index contributed by atoms with van der Waals surface area (Å²) in [6.07, 6.45) is 0.873. The minimum Gasteiger partial charge on any atom is -0.504 e. The van der Waals surface area contributed by atoms with Crippen molar-refractivity contribution >= 4 is 0 Å². The normalized spacial score (nSPS) is 14.5. The van der Waals surface area contributed by atoms with Gasteiger partial charge in [-0.15, -0.1) is 0 Å². The number of hydrogen-bond donors (Lipinski definition) is 2. The minimum absolute atomic E-state index is 0.161. The third-order valence-electron chi connectivity index (χ3n) is 3.06. The first-order valence-electron chi connectivity index (χ1n) is 5.55. The molecule has 1 aromatic carbocycles. The van der Waals surface area contributed by atoms with Gasteiger partial charge < -0.3 is 14.9 Å². The van der Waals surface area contributed by atoms with Crippen molar-refractivity contribution in [1.29, 1.82) is 0 Å². The number of phenolic OH excluding ortho intramolecular Hbond substituents is 1. The van der Waals surface area contributed by atoms with Crippen molar-refractivity contribution in [3.05, 3.63) is 23.8 Å². The third kappa shape index (κ3) is 3.14. The first-order valence-corrected chi connectivity index (χ1v) is 5.55. The number of aliphatic hydroxyl groups excluding tert-OH is 1. The molecule has 0 spiro atoms. The maximum Gasteiger partial charge on any atom is 0.160 e. The fraction of sp³-hybridized carbons (Fsp3) is 0.538. The molecule has 0 fully saturated rings. The largest absolute Gasteiger partial charge is 0.504 e. The smallest absolute Gasteiger partial charge is 0.160 e. The van der Waals surface area contributed by atoms with Crippen molar-refractivity contribution in [2.24, 2.45) is 11.8 Å². The summed E-state index contributed by atoms with van der Waals surface area (Å²) in [7, 11) is 1.54. The number of benzene rings is 1. The lowest BCUT2D eigenvalue weighted by Crippen LogP contribution is -2.14. The lowest BCUT2D eigenvalue weighted by molar-refractivity contribution is 0.195. The van der Waals surface area contributed by atoms with Crippen LogP contribution >= 0.6 is 0 Å². The van der Waals surface area contributed by atoms with E-state index in [0.717, 1.165) is 12.0 Å². The zero-order valence-electron chi connectivity index (χ0n) is 10.1. The summed E-state index contributed by atoms with van der Waals surface area (Å²) in [6, 6.07) is 5.37. The molecule has 0 aliphatic heterocycles. The number of rotatable bonds is 5. The highest BCUT2D eigenvalue weighted by Crippen LogP contribution is 2.28. The molecule has 2 atom stereocenters. The lowest BCUT2D eigenvalue weighted by atomic mass is 9.90. The van der Waals surface area contributed by atoms with Crippen LogP contribution in [0.1, 0.15) is 19.4 Å². The first kappa shape index (κ1) is 12.8. The first-order chi connectivity index (χ1) is 7.58. The number of phenols is 1. The van der Waals surface area contributed by atoms with Crippen LogP contribution in [-0.2, 0) is 6.42 Å². The monoisotopic (exact) mass is 224 g/mol. The highest BCUT2D eigenvalue weighted by atomic mass is 16.5. The van der Waals surface area contributed by atoms with Gasteiger partial charge in [0.2, 0.25) is 0 Å². The van der Waals surface area contributed by atoms with Crippen LogP contribution in [0.4, 0.5) is 0 Å². The summed E-state index contributed by atoms with van der Waals surface area (Å²) in [5.74, 6) is 1.34. The number of hydrogen-bond acceptors (Lipinski definition) is 3. The van der Waals surface area contributed by atoms with Crippen LogP contribution in [0.3, 0.4) is 0 Å². The van der Waals surface area contributed by atoms with Crippen LogP contribution in [0, 0.1) is 11.8 Å². The quantitative estimate of drug-likeness (QED) is 0.806. The molecular formula is C13H20O3. The SMILES string of the molecule is COc1cc(C[C@H](C)[C@H](C)CO)ccc1O. The Labute approximate surface area is 96.7 Å². The Kier molecular flexibility index (Phi) is 4.62. The molecule has 0 amide bonds. The molecule has 90 valence electrons. The van der Waals surface area contributed by atoms with E-state index >= 15 is 0 Å². The average molecular weight is 224 g/mol. The fourth-order valence-corrected chi connectivity index (χ4v) is 1.60. The van der Waals surface area contributed by atoms with Gasteiger partial charge in [-0.1, -0.05) is 19.9 Å². The van der Waals surface area contributed by atoms with E-state index in [2.05, 4.69) is 6.92 Å². The molecular weight excluding hydrogens is 204 g/mol. The summed E-state index contributed by atoms with van der Waals surface area (Å²) in [5.41, 5.74) is 1.11. The van der Waals surface area contributed by atoms with Gasteiger partial charge in [0.1, 0.15) is 0 Å². The van der Waals surface area contributed by atoms with Gasteiger partial charge in [-0.2, -0.15) is 0 Å². The van der Waals surface area contributed by atoms with Gasteiger partial charge >= 0.3 is 0 Å². The molecule has 0 heterocycles. The van der Waals surface area contributed by atoms with Crippen LogP contribution in [0.2, 0.25) is 0 Å². The minimum atomic E-state index is 0.161. The molecule has 0 radical (unpaired) electrons. The van der Waals surface area contributed by atoms with Gasteiger partial charge in [0, 0.05) is 6.61 Å². The maximum atomic E-state index is 9.46. The average Bonchev–Trinajstić information content (AvgIpc) is 2.30. The Morgan fingerprint density at radius 1 is 1.25 bits per heavy atom. The van der Waals surface area contributed by atoms with Gasteiger partial charge in [-0.25, -0.2) is 0 Å². The summed E-state index contributed by atoms with van der Waals surface area (Å²) >= 11 is 0. The van der Waals surface area contributed by atoms with Crippen molar-refractivity contribution in [3.63, 3.8) is 0 Å². The van der Waals surface area contributed by atoms with Crippen molar-refractivity contribution in [3.8, 4) is 11.5 Å². The van der Waals surface area contributed by atoms with E-state index in [1.54, 1.807) is 13.2 Å². The summed E-state index contributed by atoms with van der Waals surface area (Å²) in [6.45, 7) is 4.35. The van der Waals surface area contributed by atoms with Crippen LogP contribution < -0.4 is 4.74 Å². The highest BCUT2D eigenvalue weighted by molar-refractivity contribution is 5.41. The van der Waals surface area contributed by atoms with Crippen molar-refractivity contribution in [2.45, 2.75) is 20.3 Å². The number of aliphatic hydroxyl groups is 1. The second-order valence-corrected chi connectivity index (χ2v) is 4.35. The summed E-state index contributed by atoms with van der Waals surface area (Å²) < 4.78 is 5.05. The summed E-state index contributed by atoms with van der Waals surface area (Å²) in [4.78, 5) is 0. The van der Waals surface area contributed by atoms with E-state index in [1.165, 1.54) is 0 Å².